The normalized spacial score (nSPS) is 14.6. The van der Waals surface area contributed by atoms with Gasteiger partial charge < -0.3 is 10.2 Å². The second-order valence-electron chi connectivity index (χ2n) is 6.81. The lowest BCUT2D eigenvalue weighted by molar-refractivity contribution is -0.385. The number of halogens is 1. The second kappa shape index (κ2) is 9.75. The van der Waals surface area contributed by atoms with E-state index in [2.05, 4.69) is 5.32 Å². The van der Waals surface area contributed by atoms with Gasteiger partial charge in [-0.3, -0.25) is 24.6 Å². The number of carbonyl (C=O) groups excluding carboxylic acids is 2. The van der Waals surface area contributed by atoms with Crippen LogP contribution >= 0.6 is 0 Å². The van der Waals surface area contributed by atoms with Crippen molar-refractivity contribution in [1.29, 1.82) is 0 Å². The molecule has 1 saturated heterocycles. The van der Waals surface area contributed by atoms with E-state index in [1.165, 1.54) is 36.4 Å². The summed E-state index contributed by atoms with van der Waals surface area (Å²) in [6, 6.07) is 11.9. The lowest BCUT2D eigenvalue weighted by Gasteiger charge is -2.33. The van der Waals surface area contributed by atoms with Crippen LogP contribution in [-0.4, -0.2) is 59.3 Å². The molecule has 0 unspecified atom stereocenters. The summed E-state index contributed by atoms with van der Waals surface area (Å²) < 4.78 is 13.2. The fourth-order valence-electron chi connectivity index (χ4n) is 3.16. The summed E-state index contributed by atoms with van der Waals surface area (Å²) in [7, 11) is 0. The Labute approximate surface area is 172 Å². The van der Waals surface area contributed by atoms with Gasteiger partial charge in [-0.15, -0.1) is 0 Å². The zero-order valence-electron chi connectivity index (χ0n) is 16.2. The summed E-state index contributed by atoms with van der Waals surface area (Å²) in [5.74, 6) is -0.914. The number of amides is 2. The van der Waals surface area contributed by atoms with Gasteiger partial charge in [0.1, 0.15) is 5.82 Å². The minimum atomic E-state index is -0.488. The van der Waals surface area contributed by atoms with Crippen LogP contribution in [0.4, 0.5) is 15.8 Å². The van der Waals surface area contributed by atoms with Gasteiger partial charge in [-0.2, -0.15) is 0 Å². The molecule has 1 heterocycles. The second-order valence-corrected chi connectivity index (χ2v) is 6.81. The van der Waals surface area contributed by atoms with E-state index in [9.17, 15) is 24.1 Å². The van der Waals surface area contributed by atoms with E-state index < -0.39 is 10.7 Å². The molecule has 30 heavy (non-hydrogen) atoms. The third kappa shape index (κ3) is 5.71. The van der Waals surface area contributed by atoms with Crippen LogP contribution in [0.1, 0.15) is 5.56 Å². The maximum Gasteiger partial charge on any atom is 0.276 e. The van der Waals surface area contributed by atoms with Crippen LogP contribution in [0.3, 0.4) is 0 Å². The Hall–Kier alpha value is -3.59. The van der Waals surface area contributed by atoms with Crippen LogP contribution in [0, 0.1) is 15.9 Å². The fourth-order valence-corrected chi connectivity index (χ4v) is 3.16. The van der Waals surface area contributed by atoms with Crippen LogP contribution < -0.4 is 5.32 Å². The number of nitrogens with zero attached hydrogens (tertiary/aromatic N) is 3. The van der Waals surface area contributed by atoms with Gasteiger partial charge in [0.25, 0.3) is 5.69 Å². The van der Waals surface area contributed by atoms with Gasteiger partial charge in [-0.25, -0.2) is 4.39 Å². The van der Waals surface area contributed by atoms with Crippen LogP contribution in [0.2, 0.25) is 0 Å². The summed E-state index contributed by atoms with van der Waals surface area (Å²) in [5.41, 5.74) is 0.702. The van der Waals surface area contributed by atoms with E-state index in [-0.39, 0.29) is 24.0 Å². The number of piperazine rings is 1. The Balaban J connectivity index is 1.48. The maximum atomic E-state index is 13.2. The van der Waals surface area contributed by atoms with Gasteiger partial charge >= 0.3 is 0 Å². The number of hydrogen-bond acceptors (Lipinski definition) is 5. The van der Waals surface area contributed by atoms with Crippen LogP contribution in [-0.2, 0) is 9.59 Å². The van der Waals surface area contributed by atoms with E-state index >= 15 is 0 Å². The van der Waals surface area contributed by atoms with Gasteiger partial charge in [-0.05, 0) is 30.3 Å². The van der Waals surface area contributed by atoms with Crippen molar-refractivity contribution < 1.29 is 18.9 Å². The molecule has 1 aliphatic heterocycles. The molecule has 0 atom stereocenters. The minimum absolute atomic E-state index is 0.0596. The molecule has 0 saturated carbocycles. The smallest absolute Gasteiger partial charge is 0.276 e. The summed E-state index contributed by atoms with van der Waals surface area (Å²) in [5, 5.41) is 13.7. The third-order valence-corrected chi connectivity index (χ3v) is 4.70. The average molecular weight is 412 g/mol. The lowest BCUT2D eigenvalue weighted by atomic mass is 10.1. The first-order valence-corrected chi connectivity index (χ1v) is 9.40. The zero-order chi connectivity index (χ0) is 21.5. The molecule has 0 bridgehead atoms. The van der Waals surface area contributed by atoms with Crippen molar-refractivity contribution in [1.82, 2.24) is 9.80 Å². The van der Waals surface area contributed by atoms with Crippen molar-refractivity contribution in [3.63, 3.8) is 0 Å². The van der Waals surface area contributed by atoms with Gasteiger partial charge in [0.05, 0.1) is 17.0 Å². The Morgan fingerprint density at radius 3 is 2.53 bits per heavy atom. The standard InChI is InChI=1S/C21H21FN4O4/c22-17-5-3-6-18(14-17)23-20(27)15-24-10-12-25(13-11-24)21(28)9-8-16-4-1-2-7-19(16)26(29)30/h1-9,14H,10-13,15H2,(H,23,27)/b9-8+. The average Bonchev–Trinajstić information content (AvgIpc) is 2.72. The van der Waals surface area contributed by atoms with E-state index in [4.69, 9.17) is 0 Å². The van der Waals surface area contributed by atoms with Crippen LogP contribution in [0.15, 0.2) is 54.6 Å². The molecule has 1 N–H and O–H groups in total. The highest BCUT2D eigenvalue weighted by Gasteiger charge is 2.21. The first kappa shape index (κ1) is 21.1. The van der Waals surface area contributed by atoms with Gasteiger partial charge in [-0.1, -0.05) is 18.2 Å². The summed E-state index contributed by atoms with van der Waals surface area (Å²) in [6.07, 6.45) is 2.77. The van der Waals surface area contributed by atoms with Crippen molar-refractivity contribution in [2.75, 3.05) is 38.0 Å². The highest BCUT2D eigenvalue weighted by atomic mass is 19.1. The number of nitro groups is 1. The van der Waals surface area contributed by atoms with Gasteiger partial charge in [0.15, 0.2) is 0 Å². The summed E-state index contributed by atoms with van der Waals surface area (Å²) >= 11 is 0. The summed E-state index contributed by atoms with van der Waals surface area (Å²) in [6.45, 7) is 2.05. The number of para-hydroxylation sites is 1. The van der Waals surface area contributed by atoms with Crippen molar-refractivity contribution >= 4 is 29.3 Å². The third-order valence-electron chi connectivity index (χ3n) is 4.70. The fraction of sp³-hybridized carbons (Fsp3) is 0.238. The monoisotopic (exact) mass is 412 g/mol. The Bertz CT molecular complexity index is 971. The number of rotatable bonds is 6. The number of anilines is 1. The first-order chi connectivity index (χ1) is 14.4. The lowest BCUT2D eigenvalue weighted by Crippen LogP contribution is -2.50. The number of nitrogens with one attached hydrogen (secondary N) is 1. The number of carbonyl (C=O) groups is 2. The zero-order valence-corrected chi connectivity index (χ0v) is 16.2. The van der Waals surface area contributed by atoms with Gasteiger partial charge in [0, 0.05) is 44.0 Å². The molecule has 9 heteroatoms. The topological polar surface area (TPSA) is 95.8 Å². The molecule has 1 fully saturated rings. The predicted octanol–water partition coefficient (Wildman–Crippen LogP) is 2.53. The Morgan fingerprint density at radius 1 is 1.10 bits per heavy atom. The van der Waals surface area contributed by atoms with E-state index in [0.717, 1.165) is 0 Å². The molecular weight excluding hydrogens is 391 g/mol. The van der Waals surface area contributed by atoms with Crippen molar-refractivity contribution in [2.45, 2.75) is 0 Å². The summed E-state index contributed by atoms with van der Waals surface area (Å²) in [4.78, 5) is 38.6. The molecule has 2 aromatic carbocycles. The van der Waals surface area contributed by atoms with Crippen molar-refractivity contribution in [3.8, 4) is 0 Å². The molecule has 3 rings (SSSR count). The molecule has 8 nitrogen and oxygen atoms in total. The largest absolute Gasteiger partial charge is 0.337 e. The molecule has 0 radical (unpaired) electrons. The van der Waals surface area contributed by atoms with Crippen LogP contribution in [0.5, 0.6) is 0 Å². The quantitative estimate of drug-likeness (QED) is 0.447. The highest BCUT2D eigenvalue weighted by molar-refractivity contribution is 5.93. The predicted molar refractivity (Wildman–Crippen MR) is 110 cm³/mol. The van der Waals surface area contributed by atoms with Gasteiger partial charge in [0.2, 0.25) is 11.8 Å². The molecule has 2 amide bonds. The minimum Gasteiger partial charge on any atom is -0.337 e. The molecule has 0 aliphatic carbocycles. The van der Waals surface area contributed by atoms with E-state index in [1.54, 1.807) is 29.2 Å². The molecule has 0 spiro atoms. The highest BCUT2D eigenvalue weighted by Crippen LogP contribution is 2.19. The number of benzene rings is 2. The molecule has 0 aromatic heterocycles. The molecule has 1 aliphatic rings. The first-order valence-electron chi connectivity index (χ1n) is 9.40. The molecule has 2 aromatic rings. The Morgan fingerprint density at radius 2 is 1.83 bits per heavy atom. The molecular formula is C21H21FN4O4. The maximum absolute atomic E-state index is 13.2. The number of hydrogen-bond donors (Lipinski definition) is 1. The van der Waals surface area contributed by atoms with Crippen LogP contribution in [0.25, 0.3) is 6.08 Å². The molecule has 156 valence electrons. The Kier molecular flexibility index (Phi) is 6.87. The SMILES string of the molecule is O=C(CN1CCN(C(=O)/C=C/c2ccccc2[N+](=O)[O-])CC1)Nc1cccc(F)c1. The van der Waals surface area contributed by atoms with Crippen molar-refractivity contribution in [2.24, 2.45) is 0 Å². The van der Waals surface area contributed by atoms with E-state index in [0.29, 0.717) is 37.4 Å². The number of nitro benzene ring substituents is 1. The van der Waals surface area contributed by atoms with E-state index in [1.807, 2.05) is 4.90 Å². The van der Waals surface area contributed by atoms with Crippen molar-refractivity contribution in [3.05, 3.63) is 76.1 Å².